The maximum Gasteiger partial charge on any atom is 0.320 e. The van der Waals surface area contributed by atoms with Gasteiger partial charge < -0.3 is 9.80 Å². The van der Waals surface area contributed by atoms with E-state index in [0.717, 1.165) is 18.8 Å². The Labute approximate surface area is 85.5 Å². The Morgan fingerprint density at radius 3 is 2.62 bits per heavy atom. The first kappa shape index (κ1) is 10.7. The first-order valence-corrected chi connectivity index (χ1v) is 5.33. The van der Waals surface area contributed by atoms with Crippen molar-refractivity contribution in [1.82, 2.24) is 9.80 Å². The van der Waals surface area contributed by atoms with Crippen LogP contribution in [0.15, 0.2) is 0 Å². The molecule has 1 atom stereocenters. The number of rotatable bonds is 3. The zero-order valence-corrected chi connectivity index (χ0v) is 9.42. The van der Waals surface area contributed by atoms with Gasteiger partial charge in [0.15, 0.2) is 0 Å². The summed E-state index contributed by atoms with van der Waals surface area (Å²) in [7, 11) is 1.88. The fourth-order valence-corrected chi connectivity index (χ4v) is 2.00. The van der Waals surface area contributed by atoms with Crippen LogP contribution >= 0.6 is 12.6 Å². The van der Waals surface area contributed by atoms with Crippen LogP contribution in [0.3, 0.4) is 0 Å². The fraction of sp³-hybridized carbons (Fsp3) is 0.889. The quantitative estimate of drug-likeness (QED) is 0.685. The molecule has 0 radical (unpaired) electrons. The summed E-state index contributed by atoms with van der Waals surface area (Å²) in [6.07, 6.45) is 0. The van der Waals surface area contributed by atoms with E-state index < -0.39 is 0 Å². The summed E-state index contributed by atoms with van der Waals surface area (Å²) in [5, 5.41) is 0. The van der Waals surface area contributed by atoms with Gasteiger partial charge in [0.25, 0.3) is 0 Å². The molecule has 0 N–H and O–H groups in total. The molecule has 1 rings (SSSR count). The number of hydrogen-bond donors (Lipinski definition) is 1. The number of nitrogens with zero attached hydrogens (tertiary/aromatic N) is 2. The van der Waals surface area contributed by atoms with Crippen molar-refractivity contribution in [2.45, 2.75) is 19.9 Å². The van der Waals surface area contributed by atoms with Gasteiger partial charge in [-0.25, -0.2) is 4.79 Å². The van der Waals surface area contributed by atoms with Crippen molar-refractivity contribution in [1.29, 1.82) is 0 Å². The van der Waals surface area contributed by atoms with E-state index in [-0.39, 0.29) is 6.03 Å². The van der Waals surface area contributed by atoms with E-state index in [0.29, 0.717) is 12.0 Å². The van der Waals surface area contributed by atoms with E-state index in [1.54, 1.807) is 0 Å². The molecule has 0 aromatic carbocycles. The molecule has 0 aromatic rings. The minimum atomic E-state index is 0.146. The lowest BCUT2D eigenvalue weighted by molar-refractivity contribution is 0.193. The van der Waals surface area contributed by atoms with Gasteiger partial charge in [-0.3, -0.25) is 0 Å². The second kappa shape index (κ2) is 4.22. The molecule has 0 saturated carbocycles. The Morgan fingerprint density at radius 2 is 2.23 bits per heavy atom. The molecule has 0 bridgehead atoms. The Kier molecular flexibility index (Phi) is 3.47. The molecule has 1 fully saturated rings. The number of urea groups is 1. The van der Waals surface area contributed by atoms with Crippen LogP contribution in [0.1, 0.15) is 13.8 Å². The third-order valence-corrected chi connectivity index (χ3v) is 2.82. The van der Waals surface area contributed by atoms with Crippen molar-refractivity contribution in [2.24, 2.45) is 5.92 Å². The summed E-state index contributed by atoms with van der Waals surface area (Å²) in [4.78, 5) is 15.3. The van der Waals surface area contributed by atoms with E-state index in [9.17, 15) is 4.79 Å². The molecule has 0 aromatic heterocycles. The lowest BCUT2D eigenvalue weighted by Crippen LogP contribution is -2.34. The molecular weight excluding hydrogens is 184 g/mol. The SMILES string of the molecule is CC(C)C1CN(CCS)C(=O)N1C. The van der Waals surface area contributed by atoms with E-state index in [4.69, 9.17) is 0 Å². The molecule has 0 spiro atoms. The summed E-state index contributed by atoms with van der Waals surface area (Å²) in [6, 6.07) is 0.514. The van der Waals surface area contributed by atoms with Gasteiger partial charge in [-0.05, 0) is 5.92 Å². The molecule has 2 amide bonds. The van der Waals surface area contributed by atoms with Crippen molar-refractivity contribution < 1.29 is 4.79 Å². The first-order chi connectivity index (χ1) is 6.07. The molecule has 1 unspecified atom stereocenters. The van der Waals surface area contributed by atoms with Crippen LogP contribution in [0.2, 0.25) is 0 Å². The topological polar surface area (TPSA) is 23.6 Å². The third-order valence-electron chi connectivity index (χ3n) is 2.62. The largest absolute Gasteiger partial charge is 0.323 e. The van der Waals surface area contributed by atoms with Crippen molar-refractivity contribution in [3.63, 3.8) is 0 Å². The van der Waals surface area contributed by atoms with E-state index in [1.165, 1.54) is 0 Å². The molecule has 1 aliphatic heterocycles. The van der Waals surface area contributed by atoms with Gasteiger partial charge in [0, 0.05) is 25.9 Å². The highest BCUT2D eigenvalue weighted by Gasteiger charge is 2.35. The van der Waals surface area contributed by atoms with Crippen molar-refractivity contribution in [3.8, 4) is 0 Å². The van der Waals surface area contributed by atoms with Gasteiger partial charge >= 0.3 is 6.03 Å². The van der Waals surface area contributed by atoms with Gasteiger partial charge in [0.1, 0.15) is 0 Å². The van der Waals surface area contributed by atoms with E-state index in [1.807, 2.05) is 16.8 Å². The summed E-state index contributed by atoms with van der Waals surface area (Å²) in [6.45, 7) is 5.92. The summed E-state index contributed by atoms with van der Waals surface area (Å²) < 4.78 is 0. The van der Waals surface area contributed by atoms with Crippen molar-refractivity contribution in [2.75, 3.05) is 25.9 Å². The highest BCUT2D eigenvalue weighted by molar-refractivity contribution is 7.80. The zero-order chi connectivity index (χ0) is 10.0. The smallest absolute Gasteiger partial charge is 0.320 e. The molecule has 0 aliphatic carbocycles. The van der Waals surface area contributed by atoms with Crippen LogP contribution in [-0.2, 0) is 0 Å². The molecule has 1 aliphatic rings. The predicted octanol–water partition coefficient (Wildman–Crippen LogP) is 1.31. The number of amides is 2. The summed E-state index contributed by atoms with van der Waals surface area (Å²) in [5.41, 5.74) is 0. The van der Waals surface area contributed by atoms with E-state index >= 15 is 0 Å². The van der Waals surface area contributed by atoms with Gasteiger partial charge in [-0.1, -0.05) is 13.8 Å². The average molecular weight is 202 g/mol. The minimum Gasteiger partial charge on any atom is -0.323 e. The van der Waals surface area contributed by atoms with Crippen molar-refractivity contribution in [3.05, 3.63) is 0 Å². The molecular formula is C9H18N2OS. The minimum absolute atomic E-state index is 0.146. The molecule has 1 saturated heterocycles. The summed E-state index contributed by atoms with van der Waals surface area (Å²) in [5.74, 6) is 1.27. The highest BCUT2D eigenvalue weighted by Crippen LogP contribution is 2.19. The average Bonchev–Trinajstić information content (AvgIpc) is 2.33. The molecule has 13 heavy (non-hydrogen) atoms. The van der Waals surface area contributed by atoms with Crippen LogP contribution in [0.25, 0.3) is 0 Å². The summed E-state index contributed by atoms with van der Waals surface area (Å²) >= 11 is 4.13. The number of likely N-dealkylation sites (N-methyl/N-ethyl adjacent to an activating group) is 1. The Balaban J connectivity index is 2.61. The van der Waals surface area contributed by atoms with E-state index in [2.05, 4.69) is 26.5 Å². The van der Waals surface area contributed by atoms with Crippen LogP contribution in [-0.4, -0.2) is 47.8 Å². The maximum atomic E-state index is 11.6. The number of carbonyl (C=O) groups excluding carboxylic acids is 1. The lowest BCUT2D eigenvalue weighted by atomic mass is 10.0. The Bertz CT molecular complexity index is 196. The van der Waals surface area contributed by atoms with Crippen LogP contribution in [0.4, 0.5) is 4.79 Å². The number of thiol groups is 1. The second-order valence-electron chi connectivity index (χ2n) is 3.87. The van der Waals surface area contributed by atoms with Crippen LogP contribution in [0.5, 0.6) is 0 Å². The first-order valence-electron chi connectivity index (χ1n) is 4.70. The predicted molar refractivity (Wildman–Crippen MR) is 57.2 cm³/mol. The monoisotopic (exact) mass is 202 g/mol. The second-order valence-corrected chi connectivity index (χ2v) is 4.32. The van der Waals surface area contributed by atoms with Gasteiger partial charge in [-0.15, -0.1) is 0 Å². The van der Waals surface area contributed by atoms with Gasteiger partial charge in [0.05, 0.1) is 6.04 Å². The highest BCUT2D eigenvalue weighted by atomic mass is 32.1. The lowest BCUT2D eigenvalue weighted by Gasteiger charge is -2.20. The number of carbonyl (C=O) groups is 1. The van der Waals surface area contributed by atoms with Crippen LogP contribution < -0.4 is 0 Å². The Morgan fingerprint density at radius 1 is 1.62 bits per heavy atom. The molecule has 76 valence electrons. The molecule has 3 nitrogen and oxygen atoms in total. The zero-order valence-electron chi connectivity index (χ0n) is 8.53. The van der Waals surface area contributed by atoms with Crippen molar-refractivity contribution >= 4 is 18.7 Å². The molecule has 4 heteroatoms. The maximum absolute atomic E-state index is 11.6. The van der Waals surface area contributed by atoms with Crippen LogP contribution in [0, 0.1) is 5.92 Å². The van der Waals surface area contributed by atoms with Gasteiger partial charge in [0.2, 0.25) is 0 Å². The molecule has 1 heterocycles. The fourth-order valence-electron chi connectivity index (χ4n) is 1.76. The third kappa shape index (κ3) is 2.10. The standard InChI is InChI=1S/C9H18N2OS/c1-7(2)8-6-11(4-5-13)9(12)10(8)3/h7-8,13H,4-6H2,1-3H3. The van der Waals surface area contributed by atoms with Gasteiger partial charge in [-0.2, -0.15) is 12.6 Å². The normalized spacial score (nSPS) is 23.5. The Hall–Kier alpha value is -0.380. The number of hydrogen-bond acceptors (Lipinski definition) is 2.